The first kappa shape index (κ1) is 29.0. The second-order valence-corrected chi connectivity index (χ2v) is 18.5. The predicted octanol–water partition coefficient (Wildman–Crippen LogP) is 6.93. The van der Waals surface area contributed by atoms with Gasteiger partial charge in [0.05, 0.1) is 23.4 Å². The van der Waals surface area contributed by atoms with Gasteiger partial charge >= 0.3 is 0 Å². The number of benzene rings is 1. The highest BCUT2D eigenvalue weighted by Gasteiger charge is 2.37. The average molecular weight is 507 g/mol. The van der Waals surface area contributed by atoms with Crippen LogP contribution in [0.5, 0.6) is 0 Å². The van der Waals surface area contributed by atoms with E-state index < -0.39 is 24.3 Å². The van der Waals surface area contributed by atoms with Crippen LogP contribution in [0, 0.1) is 11.8 Å². The fourth-order valence-corrected chi connectivity index (χ4v) is 7.15. The molecular weight excluding hydrogens is 460 g/mol. The van der Waals surface area contributed by atoms with Gasteiger partial charge in [-0.3, -0.25) is 0 Å². The van der Waals surface area contributed by atoms with E-state index in [1.165, 1.54) is 0 Å². The number of rotatable bonds is 11. The van der Waals surface area contributed by atoms with Crippen LogP contribution in [0.15, 0.2) is 58.5 Å². The van der Waals surface area contributed by atoms with Crippen LogP contribution in [-0.2, 0) is 14.3 Å². The SMILES string of the molecule is C/C(=C\C(O)C/C(C)=C/C[C@H]1CCC[C@@H]1CS(=O)(=O)c1ccccc1)CO[Si](C)(C)C(C)(C)C. The molecule has 1 aliphatic rings. The van der Waals surface area contributed by atoms with E-state index in [1.54, 1.807) is 24.3 Å². The Hall–Kier alpha value is -1.21. The second-order valence-electron chi connectivity index (χ2n) is 11.7. The van der Waals surface area contributed by atoms with Crippen LogP contribution in [0.1, 0.15) is 66.7 Å². The van der Waals surface area contributed by atoms with Gasteiger partial charge in [-0.1, -0.05) is 68.7 Å². The molecule has 0 heterocycles. The van der Waals surface area contributed by atoms with Crippen LogP contribution < -0.4 is 0 Å². The molecule has 6 heteroatoms. The lowest BCUT2D eigenvalue weighted by Gasteiger charge is -2.36. The van der Waals surface area contributed by atoms with E-state index in [1.807, 2.05) is 19.1 Å². The summed E-state index contributed by atoms with van der Waals surface area (Å²) in [6, 6.07) is 8.80. The van der Waals surface area contributed by atoms with Crippen LogP contribution in [0.4, 0.5) is 0 Å². The normalized spacial score (nSPS) is 21.6. The summed E-state index contributed by atoms with van der Waals surface area (Å²) in [4.78, 5) is 0.426. The van der Waals surface area contributed by atoms with Crippen molar-refractivity contribution in [3.05, 3.63) is 53.6 Å². The third kappa shape index (κ3) is 8.78. The third-order valence-corrected chi connectivity index (χ3v) is 13.9. The Morgan fingerprint density at radius 3 is 2.35 bits per heavy atom. The van der Waals surface area contributed by atoms with E-state index in [2.05, 4.69) is 46.9 Å². The van der Waals surface area contributed by atoms with Crippen molar-refractivity contribution in [3.63, 3.8) is 0 Å². The average Bonchev–Trinajstić information content (AvgIpc) is 3.16. The van der Waals surface area contributed by atoms with E-state index in [4.69, 9.17) is 4.43 Å². The zero-order chi connectivity index (χ0) is 25.6. The summed E-state index contributed by atoms with van der Waals surface area (Å²) in [5.74, 6) is 0.822. The maximum Gasteiger partial charge on any atom is 0.192 e. The van der Waals surface area contributed by atoms with Crippen molar-refractivity contribution in [1.29, 1.82) is 0 Å². The minimum absolute atomic E-state index is 0.170. The number of hydrogen-bond acceptors (Lipinski definition) is 4. The highest BCUT2D eigenvalue weighted by molar-refractivity contribution is 7.91. The highest BCUT2D eigenvalue weighted by Crippen LogP contribution is 2.37. The Morgan fingerprint density at radius 1 is 1.12 bits per heavy atom. The first-order chi connectivity index (χ1) is 15.7. The van der Waals surface area contributed by atoms with Crippen LogP contribution in [-0.4, -0.2) is 40.3 Å². The summed E-state index contributed by atoms with van der Waals surface area (Å²) in [6.45, 7) is 15.8. The molecule has 34 heavy (non-hydrogen) atoms. The van der Waals surface area contributed by atoms with Crippen LogP contribution in [0.2, 0.25) is 18.1 Å². The van der Waals surface area contributed by atoms with E-state index >= 15 is 0 Å². The molecule has 1 N–H and O–H groups in total. The van der Waals surface area contributed by atoms with Gasteiger partial charge in [-0.25, -0.2) is 8.42 Å². The Morgan fingerprint density at radius 2 is 1.74 bits per heavy atom. The van der Waals surface area contributed by atoms with Gasteiger partial charge < -0.3 is 9.53 Å². The smallest absolute Gasteiger partial charge is 0.192 e. The van der Waals surface area contributed by atoms with E-state index in [9.17, 15) is 13.5 Å². The molecule has 2 rings (SSSR count). The molecule has 1 aliphatic carbocycles. The maximum absolute atomic E-state index is 12.8. The van der Waals surface area contributed by atoms with Crippen molar-refractivity contribution in [2.24, 2.45) is 11.8 Å². The van der Waals surface area contributed by atoms with Crippen LogP contribution in [0.25, 0.3) is 0 Å². The molecule has 192 valence electrons. The summed E-state index contributed by atoms with van der Waals surface area (Å²) in [5, 5.41) is 10.7. The lowest BCUT2D eigenvalue weighted by molar-refractivity contribution is 0.220. The summed E-state index contributed by atoms with van der Waals surface area (Å²) < 4.78 is 31.9. The van der Waals surface area contributed by atoms with Gasteiger partial charge in [0.2, 0.25) is 0 Å². The first-order valence-corrected chi connectivity index (χ1v) is 17.2. The van der Waals surface area contributed by atoms with Gasteiger partial charge in [-0.2, -0.15) is 0 Å². The number of sulfone groups is 1. The van der Waals surface area contributed by atoms with E-state index in [0.717, 1.165) is 36.8 Å². The molecule has 0 aromatic heterocycles. The summed E-state index contributed by atoms with van der Waals surface area (Å²) in [6.07, 6.45) is 8.20. The van der Waals surface area contributed by atoms with Gasteiger partial charge in [0, 0.05) is 0 Å². The van der Waals surface area contributed by atoms with Gasteiger partial charge in [0.1, 0.15) is 0 Å². The number of aliphatic hydroxyl groups is 1. The topological polar surface area (TPSA) is 63.6 Å². The van der Waals surface area contributed by atoms with Gasteiger partial charge in [0.15, 0.2) is 18.2 Å². The van der Waals surface area contributed by atoms with Gasteiger partial charge in [0.25, 0.3) is 0 Å². The Bertz CT molecular complexity index is 942. The standard InChI is InChI=1S/C28H46O4SSi/c1-22(18-26(29)19-23(2)20-32-34(6,7)28(3,4)5)16-17-24-12-11-13-25(24)21-33(30,31)27-14-9-8-10-15-27/h8-10,14-16,19,24-26,29H,11-13,17-18,20-21H2,1-7H3/b22-16+,23-19+/t24-,25-,26?/m1/s1. The van der Waals surface area contributed by atoms with Gasteiger partial charge in [-0.15, -0.1) is 0 Å². The van der Waals surface area contributed by atoms with Crippen molar-refractivity contribution in [3.8, 4) is 0 Å². The molecule has 0 saturated heterocycles. The molecule has 0 spiro atoms. The zero-order valence-corrected chi connectivity index (χ0v) is 24.1. The van der Waals surface area contributed by atoms with Crippen LogP contribution in [0.3, 0.4) is 0 Å². The Balaban J connectivity index is 1.88. The highest BCUT2D eigenvalue weighted by atomic mass is 32.2. The molecule has 1 unspecified atom stereocenters. The number of allylic oxidation sites excluding steroid dienone is 1. The molecule has 0 amide bonds. The minimum Gasteiger partial charge on any atom is -0.413 e. The lowest BCUT2D eigenvalue weighted by atomic mass is 9.93. The van der Waals surface area contributed by atoms with Crippen molar-refractivity contribution in [1.82, 2.24) is 0 Å². The molecule has 1 aromatic rings. The molecule has 3 atom stereocenters. The van der Waals surface area contributed by atoms with Crippen molar-refractivity contribution in [2.75, 3.05) is 12.4 Å². The largest absolute Gasteiger partial charge is 0.413 e. The first-order valence-electron chi connectivity index (χ1n) is 12.6. The monoisotopic (exact) mass is 506 g/mol. The number of aliphatic hydroxyl groups excluding tert-OH is 1. The summed E-state index contributed by atoms with van der Waals surface area (Å²) in [5.41, 5.74) is 2.21. The predicted molar refractivity (Wildman–Crippen MR) is 145 cm³/mol. The fraction of sp³-hybridized carbons (Fsp3) is 0.643. The van der Waals surface area contributed by atoms with Crippen LogP contribution >= 0.6 is 0 Å². The minimum atomic E-state index is -3.25. The van der Waals surface area contributed by atoms with Crippen molar-refractivity contribution < 1.29 is 18.0 Å². The van der Waals surface area contributed by atoms with Crippen molar-refractivity contribution >= 4 is 18.2 Å². The quantitative estimate of drug-likeness (QED) is 0.261. The zero-order valence-electron chi connectivity index (χ0n) is 22.3. The third-order valence-electron chi connectivity index (χ3n) is 7.60. The Kier molecular flexibility index (Phi) is 10.4. The van der Waals surface area contributed by atoms with E-state index in [0.29, 0.717) is 23.8 Å². The summed E-state index contributed by atoms with van der Waals surface area (Å²) in [7, 11) is -5.05. The fourth-order valence-electron chi connectivity index (χ4n) is 4.36. The second kappa shape index (κ2) is 12.2. The van der Waals surface area contributed by atoms with Crippen molar-refractivity contribution in [2.45, 2.75) is 95.9 Å². The van der Waals surface area contributed by atoms with E-state index in [-0.39, 0.29) is 16.7 Å². The Labute approximate surface area is 209 Å². The molecule has 4 nitrogen and oxygen atoms in total. The molecule has 0 aliphatic heterocycles. The maximum atomic E-state index is 12.8. The number of hydrogen-bond donors (Lipinski definition) is 1. The molecule has 1 saturated carbocycles. The molecule has 0 bridgehead atoms. The van der Waals surface area contributed by atoms with Gasteiger partial charge in [-0.05, 0) is 81.6 Å². The molecule has 1 aromatic carbocycles. The molecule has 0 radical (unpaired) electrons. The summed E-state index contributed by atoms with van der Waals surface area (Å²) >= 11 is 0. The molecular formula is C28H46O4SSi. The molecule has 1 fully saturated rings. The lowest BCUT2D eigenvalue weighted by Crippen LogP contribution is -2.41.